The first-order chi connectivity index (χ1) is 13.2. The molecule has 0 spiro atoms. The average Bonchev–Trinajstić information content (AvgIpc) is 3.31. The number of nitrogens with one attached hydrogen (secondary N) is 1. The number of aryl methyl sites for hydroxylation is 1. The number of aromatic nitrogens is 5. The number of hydrogen-bond donors (Lipinski definition) is 1. The van der Waals surface area contributed by atoms with Crippen molar-refractivity contribution >= 4 is 22.0 Å². The first-order valence-corrected chi connectivity index (χ1v) is 9.11. The summed E-state index contributed by atoms with van der Waals surface area (Å²) >= 11 is 0. The van der Waals surface area contributed by atoms with Crippen LogP contribution in [0.2, 0.25) is 0 Å². The van der Waals surface area contributed by atoms with Crippen molar-refractivity contribution in [1.82, 2.24) is 24.8 Å². The number of benzene rings is 1. The van der Waals surface area contributed by atoms with E-state index in [0.717, 1.165) is 58.2 Å². The van der Waals surface area contributed by atoms with E-state index in [2.05, 4.69) is 50.6 Å². The van der Waals surface area contributed by atoms with E-state index in [0.29, 0.717) is 0 Å². The SMILES string of the molecule is Cc1n[nH]c2cc(-c3cnn4ccnc(C5=CCC(C#N)CC5)c34)ccc12. The third-order valence-corrected chi connectivity index (χ3v) is 5.39. The minimum Gasteiger partial charge on any atom is -0.278 e. The van der Waals surface area contributed by atoms with Gasteiger partial charge < -0.3 is 0 Å². The second-order valence-corrected chi connectivity index (χ2v) is 7.03. The average molecular weight is 354 g/mol. The second kappa shape index (κ2) is 6.06. The van der Waals surface area contributed by atoms with Crippen molar-refractivity contribution in [2.45, 2.75) is 26.2 Å². The summed E-state index contributed by atoms with van der Waals surface area (Å²) in [6.45, 7) is 2.00. The Morgan fingerprint density at radius 2 is 2.26 bits per heavy atom. The summed E-state index contributed by atoms with van der Waals surface area (Å²) < 4.78 is 1.89. The second-order valence-electron chi connectivity index (χ2n) is 7.03. The first kappa shape index (κ1) is 15.8. The summed E-state index contributed by atoms with van der Waals surface area (Å²) in [5.41, 5.74) is 7.32. The Hall–Kier alpha value is -3.46. The molecule has 6 heteroatoms. The Morgan fingerprint density at radius 1 is 1.33 bits per heavy atom. The van der Waals surface area contributed by atoms with Gasteiger partial charge in [0.25, 0.3) is 0 Å². The molecule has 1 aromatic carbocycles. The van der Waals surface area contributed by atoms with Gasteiger partial charge in [-0.05, 0) is 43.4 Å². The molecular formula is C21H18N6. The fraction of sp³-hybridized carbons (Fsp3) is 0.238. The molecule has 0 amide bonds. The number of H-pyrrole nitrogens is 1. The number of nitriles is 1. The summed E-state index contributed by atoms with van der Waals surface area (Å²) in [6, 6.07) is 8.70. The molecule has 3 heterocycles. The lowest BCUT2D eigenvalue weighted by atomic mass is 9.88. The zero-order chi connectivity index (χ0) is 18.4. The maximum atomic E-state index is 9.15. The van der Waals surface area contributed by atoms with Gasteiger partial charge in [0.2, 0.25) is 0 Å². The molecule has 0 radical (unpaired) electrons. The number of rotatable bonds is 2. The molecule has 5 rings (SSSR count). The summed E-state index contributed by atoms with van der Waals surface area (Å²) in [4.78, 5) is 4.67. The van der Waals surface area contributed by atoms with Crippen LogP contribution in [0.15, 0.2) is 42.9 Å². The molecular weight excluding hydrogens is 336 g/mol. The topological polar surface area (TPSA) is 82.7 Å². The third kappa shape index (κ3) is 2.51. The lowest BCUT2D eigenvalue weighted by Gasteiger charge is -2.17. The molecule has 0 saturated carbocycles. The van der Waals surface area contributed by atoms with Crippen LogP contribution in [0.25, 0.3) is 33.1 Å². The smallest absolute Gasteiger partial charge is 0.0999 e. The number of aromatic amines is 1. The highest BCUT2D eigenvalue weighted by Gasteiger charge is 2.20. The monoisotopic (exact) mass is 354 g/mol. The van der Waals surface area contributed by atoms with Crippen LogP contribution in [0, 0.1) is 24.2 Å². The number of nitrogens with zero attached hydrogens (tertiary/aromatic N) is 5. The van der Waals surface area contributed by atoms with Gasteiger partial charge in [-0.15, -0.1) is 0 Å². The van der Waals surface area contributed by atoms with E-state index in [-0.39, 0.29) is 5.92 Å². The van der Waals surface area contributed by atoms with E-state index < -0.39 is 0 Å². The maximum Gasteiger partial charge on any atom is 0.0999 e. The molecule has 1 aliphatic rings. The molecule has 0 bridgehead atoms. The molecule has 4 aromatic rings. The molecule has 1 unspecified atom stereocenters. The Labute approximate surface area is 156 Å². The Balaban J connectivity index is 1.67. The van der Waals surface area contributed by atoms with Gasteiger partial charge in [-0.25, -0.2) is 4.52 Å². The van der Waals surface area contributed by atoms with E-state index >= 15 is 0 Å². The van der Waals surface area contributed by atoms with E-state index in [9.17, 15) is 0 Å². The van der Waals surface area contributed by atoms with Gasteiger partial charge in [0.15, 0.2) is 0 Å². The molecule has 0 fully saturated rings. The van der Waals surface area contributed by atoms with Crippen molar-refractivity contribution in [2.24, 2.45) is 5.92 Å². The van der Waals surface area contributed by atoms with Crippen LogP contribution in [0.5, 0.6) is 0 Å². The summed E-state index contributed by atoms with van der Waals surface area (Å²) in [7, 11) is 0. The van der Waals surface area contributed by atoms with Gasteiger partial charge in [-0.1, -0.05) is 18.2 Å². The van der Waals surface area contributed by atoms with Crippen LogP contribution < -0.4 is 0 Å². The molecule has 3 aromatic heterocycles. The van der Waals surface area contributed by atoms with Crippen LogP contribution in [-0.4, -0.2) is 24.8 Å². The van der Waals surface area contributed by atoms with Crippen LogP contribution in [0.4, 0.5) is 0 Å². The van der Waals surface area contributed by atoms with Gasteiger partial charge in [0.1, 0.15) is 0 Å². The number of hydrogen-bond acceptors (Lipinski definition) is 4. The van der Waals surface area contributed by atoms with Crippen molar-refractivity contribution in [1.29, 1.82) is 5.26 Å². The molecule has 0 aliphatic heterocycles. The fourth-order valence-electron chi connectivity index (χ4n) is 3.88. The molecule has 1 atom stereocenters. The van der Waals surface area contributed by atoms with Gasteiger partial charge in [0.05, 0.1) is 40.6 Å². The zero-order valence-corrected chi connectivity index (χ0v) is 15.0. The van der Waals surface area contributed by atoms with Crippen LogP contribution >= 0.6 is 0 Å². The number of fused-ring (bicyclic) bond motifs is 2. The minimum atomic E-state index is 0.115. The molecule has 6 nitrogen and oxygen atoms in total. The van der Waals surface area contributed by atoms with E-state index in [4.69, 9.17) is 5.26 Å². The Bertz CT molecular complexity index is 1240. The Morgan fingerprint density at radius 3 is 3.07 bits per heavy atom. The molecule has 0 saturated heterocycles. The lowest BCUT2D eigenvalue weighted by molar-refractivity contribution is 0.603. The standard InChI is InChI=1S/C21H18N6/c1-13-17-7-6-16(10-19(17)26-25-13)18-12-24-27-9-8-23-20(21(18)27)15-4-2-14(11-22)3-5-15/h4,6-10,12,14H,2-3,5H2,1H3,(H,25,26). The molecule has 132 valence electrons. The van der Waals surface area contributed by atoms with Crippen LogP contribution in [0.1, 0.15) is 30.7 Å². The maximum absolute atomic E-state index is 9.15. The summed E-state index contributed by atoms with van der Waals surface area (Å²) in [5, 5.41) is 22.2. The van der Waals surface area contributed by atoms with E-state index in [1.165, 1.54) is 5.57 Å². The van der Waals surface area contributed by atoms with Crippen LogP contribution in [-0.2, 0) is 0 Å². The van der Waals surface area contributed by atoms with Crippen molar-refractivity contribution in [2.75, 3.05) is 0 Å². The normalized spacial score (nSPS) is 17.2. The zero-order valence-electron chi connectivity index (χ0n) is 15.0. The van der Waals surface area contributed by atoms with Gasteiger partial charge in [-0.2, -0.15) is 15.5 Å². The van der Waals surface area contributed by atoms with Crippen molar-refractivity contribution in [3.05, 3.63) is 54.3 Å². The lowest BCUT2D eigenvalue weighted by Crippen LogP contribution is -2.05. The van der Waals surface area contributed by atoms with Gasteiger partial charge in [-0.3, -0.25) is 10.1 Å². The minimum absolute atomic E-state index is 0.115. The highest BCUT2D eigenvalue weighted by Crippen LogP contribution is 2.35. The molecule has 1 N–H and O–H groups in total. The number of allylic oxidation sites excluding steroid dienone is 2. The Kier molecular flexibility index (Phi) is 3.54. The van der Waals surface area contributed by atoms with E-state index in [1.54, 1.807) is 6.20 Å². The van der Waals surface area contributed by atoms with Crippen molar-refractivity contribution in [3.63, 3.8) is 0 Å². The summed E-state index contributed by atoms with van der Waals surface area (Å²) in [5.74, 6) is 0.115. The van der Waals surface area contributed by atoms with E-state index in [1.807, 2.05) is 23.8 Å². The quantitative estimate of drug-likeness (QED) is 0.582. The fourth-order valence-corrected chi connectivity index (χ4v) is 3.88. The molecule has 1 aliphatic carbocycles. The van der Waals surface area contributed by atoms with Gasteiger partial charge >= 0.3 is 0 Å². The van der Waals surface area contributed by atoms with Crippen molar-refractivity contribution < 1.29 is 0 Å². The van der Waals surface area contributed by atoms with Crippen LogP contribution in [0.3, 0.4) is 0 Å². The highest BCUT2D eigenvalue weighted by atomic mass is 15.2. The largest absolute Gasteiger partial charge is 0.278 e. The molecule has 27 heavy (non-hydrogen) atoms. The van der Waals surface area contributed by atoms with Crippen molar-refractivity contribution in [3.8, 4) is 17.2 Å². The first-order valence-electron chi connectivity index (χ1n) is 9.11. The van der Waals surface area contributed by atoms with Gasteiger partial charge in [0, 0.05) is 23.3 Å². The predicted octanol–water partition coefficient (Wildman–Crippen LogP) is 4.29. The third-order valence-electron chi connectivity index (χ3n) is 5.39. The highest BCUT2D eigenvalue weighted by molar-refractivity contribution is 5.93. The predicted molar refractivity (Wildman–Crippen MR) is 104 cm³/mol. The summed E-state index contributed by atoms with van der Waals surface area (Å²) in [6.07, 6.45) is 10.3.